The van der Waals surface area contributed by atoms with E-state index in [0.29, 0.717) is 17.1 Å². The molecule has 0 aliphatic heterocycles. The van der Waals surface area contributed by atoms with Crippen molar-refractivity contribution in [1.82, 2.24) is 9.97 Å². The summed E-state index contributed by atoms with van der Waals surface area (Å²) in [7, 11) is 0. The van der Waals surface area contributed by atoms with Gasteiger partial charge in [0, 0.05) is 17.1 Å². The lowest BCUT2D eigenvalue weighted by molar-refractivity contribution is 0.102. The summed E-state index contributed by atoms with van der Waals surface area (Å²) < 4.78 is 13.3. The second-order valence-electron chi connectivity index (χ2n) is 5.86. The first kappa shape index (κ1) is 17.5. The molecule has 0 radical (unpaired) electrons. The molecule has 0 unspecified atom stereocenters. The minimum absolute atomic E-state index is 0.232. The summed E-state index contributed by atoms with van der Waals surface area (Å²) in [4.78, 5) is 21.0. The van der Waals surface area contributed by atoms with Gasteiger partial charge in [0.1, 0.15) is 11.5 Å². The fourth-order valence-corrected chi connectivity index (χ4v) is 2.46. The van der Waals surface area contributed by atoms with Gasteiger partial charge in [0.15, 0.2) is 0 Å². The van der Waals surface area contributed by atoms with E-state index in [0.717, 1.165) is 6.42 Å². The van der Waals surface area contributed by atoms with Gasteiger partial charge in [-0.2, -0.15) is 0 Å². The molecule has 2 aromatic carbocycles. The number of carbonyl (C=O) groups is 1. The van der Waals surface area contributed by atoms with Gasteiger partial charge in [-0.3, -0.25) is 4.79 Å². The third kappa shape index (κ3) is 4.42. The molecule has 6 heteroatoms. The number of nitrogens with zero attached hydrogens (tertiary/aromatic N) is 2. The minimum atomic E-state index is -0.365. The topological polar surface area (TPSA) is 66.9 Å². The Morgan fingerprint density at radius 2 is 1.81 bits per heavy atom. The van der Waals surface area contributed by atoms with Crippen LogP contribution in [0.4, 0.5) is 21.7 Å². The Morgan fingerprint density at radius 3 is 2.50 bits per heavy atom. The molecule has 1 heterocycles. The number of benzene rings is 2. The Bertz CT molecular complexity index is 925. The van der Waals surface area contributed by atoms with E-state index in [1.165, 1.54) is 17.7 Å². The summed E-state index contributed by atoms with van der Waals surface area (Å²) in [5.74, 6) is -0.458. The quantitative estimate of drug-likeness (QED) is 0.712. The summed E-state index contributed by atoms with van der Waals surface area (Å²) in [5, 5.41) is 5.74. The molecule has 0 spiro atoms. The number of carbonyl (C=O) groups excluding carboxylic acids is 1. The molecule has 1 aromatic heterocycles. The van der Waals surface area contributed by atoms with Crippen LogP contribution < -0.4 is 10.6 Å². The van der Waals surface area contributed by atoms with Crippen LogP contribution in [0.5, 0.6) is 0 Å². The molecule has 0 saturated carbocycles. The van der Waals surface area contributed by atoms with Crippen LogP contribution in [0.3, 0.4) is 0 Å². The Kier molecular flexibility index (Phi) is 5.22. The fourth-order valence-electron chi connectivity index (χ4n) is 2.46. The molecular formula is C20H19FN4O. The number of rotatable bonds is 5. The second-order valence-corrected chi connectivity index (χ2v) is 5.86. The fraction of sp³-hybridized carbons (Fsp3) is 0.150. The molecule has 2 N–H and O–H groups in total. The number of aromatic nitrogens is 2. The van der Waals surface area contributed by atoms with Gasteiger partial charge in [-0.25, -0.2) is 14.4 Å². The Hall–Kier alpha value is -3.28. The minimum Gasteiger partial charge on any atom is -0.324 e. The van der Waals surface area contributed by atoms with Gasteiger partial charge in [-0.15, -0.1) is 0 Å². The second kappa shape index (κ2) is 7.74. The molecule has 0 aliphatic rings. The maximum absolute atomic E-state index is 13.3. The standard InChI is InChI=1S/C20H19FN4O/c1-3-14-7-9-16(10-8-14)23-19(26)18-11-13(2)22-20(25-18)24-17-6-4-5-15(21)12-17/h4-12H,3H2,1-2H3,(H,23,26)(H,22,24,25). The van der Waals surface area contributed by atoms with Crippen LogP contribution in [-0.2, 0) is 6.42 Å². The lowest BCUT2D eigenvalue weighted by atomic mass is 10.1. The summed E-state index contributed by atoms with van der Waals surface area (Å²) in [6.07, 6.45) is 0.939. The molecule has 0 aliphatic carbocycles. The van der Waals surface area contributed by atoms with Gasteiger partial charge in [-0.1, -0.05) is 25.1 Å². The molecule has 0 bridgehead atoms. The van der Waals surface area contributed by atoms with Crippen LogP contribution in [0.25, 0.3) is 0 Å². The van der Waals surface area contributed by atoms with Crippen LogP contribution in [0.2, 0.25) is 0 Å². The van der Waals surface area contributed by atoms with E-state index in [4.69, 9.17) is 0 Å². The van der Waals surface area contributed by atoms with Crippen LogP contribution >= 0.6 is 0 Å². The van der Waals surface area contributed by atoms with E-state index in [2.05, 4.69) is 27.5 Å². The molecule has 1 amide bonds. The monoisotopic (exact) mass is 350 g/mol. The highest BCUT2D eigenvalue weighted by Gasteiger charge is 2.11. The SMILES string of the molecule is CCc1ccc(NC(=O)c2cc(C)nc(Nc3cccc(F)c3)n2)cc1. The number of amides is 1. The van der Waals surface area contributed by atoms with E-state index in [-0.39, 0.29) is 23.4 Å². The molecule has 26 heavy (non-hydrogen) atoms. The van der Waals surface area contributed by atoms with Crippen molar-refractivity contribution in [3.8, 4) is 0 Å². The highest BCUT2D eigenvalue weighted by atomic mass is 19.1. The van der Waals surface area contributed by atoms with Gasteiger partial charge in [0.2, 0.25) is 5.95 Å². The first-order chi connectivity index (χ1) is 12.5. The van der Waals surface area contributed by atoms with Crippen molar-refractivity contribution >= 4 is 23.2 Å². The van der Waals surface area contributed by atoms with E-state index in [9.17, 15) is 9.18 Å². The highest BCUT2D eigenvalue weighted by molar-refractivity contribution is 6.03. The Labute approximate surface area is 151 Å². The van der Waals surface area contributed by atoms with Crippen molar-refractivity contribution < 1.29 is 9.18 Å². The first-order valence-electron chi connectivity index (χ1n) is 8.32. The van der Waals surface area contributed by atoms with E-state index < -0.39 is 0 Å². The van der Waals surface area contributed by atoms with Crippen LogP contribution in [0, 0.1) is 12.7 Å². The van der Waals surface area contributed by atoms with E-state index >= 15 is 0 Å². The zero-order valence-corrected chi connectivity index (χ0v) is 14.6. The van der Waals surface area contributed by atoms with Gasteiger partial charge in [-0.05, 0) is 55.3 Å². The van der Waals surface area contributed by atoms with Gasteiger partial charge in [0.05, 0.1) is 0 Å². The summed E-state index contributed by atoms with van der Waals surface area (Å²) in [5.41, 5.74) is 3.27. The Morgan fingerprint density at radius 1 is 1.04 bits per heavy atom. The van der Waals surface area contributed by atoms with Crippen molar-refractivity contribution in [2.45, 2.75) is 20.3 Å². The third-order valence-electron chi connectivity index (χ3n) is 3.79. The maximum Gasteiger partial charge on any atom is 0.274 e. The lowest BCUT2D eigenvalue weighted by Crippen LogP contribution is -2.15. The number of hydrogen-bond acceptors (Lipinski definition) is 4. The molecule has 5 nitrogen and oxygen atoms in total. The number of halogens is 1. The number of hydrogen-bond donors (Lipinski definition) is 2. The third-order valence-corrected chi connectivity index (χ3v) is 3.79. The molecule has 3 aromatic rings. The van der Waals surface area contributed by atoms with Crippen molar-refractivity contribution in [1.29, 1.82) is 0 Å². The average Bonchev–Trinajstić information content (AvgIpc) is 2.62. The maximum atomic E-state index is 13.3. The molecule has 0 fully saturated rings. The molecule has 3 rings (SSSR count). The number of nitrogens with one attached hydrogen (secondary N) is 2. The molecular weight excluding hydrogens is 331 g/mol. The number of anilines is 3. The van der Waals surface area contributed by atoms with E-state index in [1.54, 1.807) is 25.1 Å². The van der Waals surface area contributed by atoms with Crippen molar-refractivity contribution in [2.75, 3.05) is 10.6 Å². The van der Waals surface area contributed by atoms with Crippen LogP contribution in [0.1, 0.15) is 28.7 Å². The molecule has 0 saturated heterocycles. The number of aryl methyl sites for hydroxylation is 2. The smallest absolute Gasteiger partial charge is 0.274 e. The predicted molar refractivity (Wildman–Crippen MR) is 100 cm³/mol. The average molecular weight is 350 g/mol. The van der Waals surface area contributed by atoms with Crippen molar-refractivity contribution in [3.63, 3.8) is 0 Å². The van der Waals surface area contributed by atoms with Crippen LogP contribution in [-0.4, -0.2) is 15.9 Å². The van der Waals surface area contributed by atoms with Gasteiger partial charge >= 0.3 is 0 Å². The van der Waals surface area contributed by atoms with Crippen molar-refractivity contribution in [3.05, 3.63) is 77.4 Å². The summed E-state index contributed by atoms with van der Waals surface area (Å²) in [6.45, 7) is 3.84. The van der Waals surface area contributed by atoms with Gasteiger partial charge in [0.25, 0.3) is 5.91 Å². The Balaban J connectivity index is 1.78. The van der Waals surface area contributed by atoms with Gasteiger partial charge < -0.3 is 10.6 Å². The summed E-state index contributed by atoms with van der Waals surface area (Å²) in [6, 6.07) is 15.2. The lowest BCUT2D eigenvalue weighted by Gasteiger charge is -2.09. The first-order valence-corrected chi connectivity index (χ1v) is 8.32. The summed E-state index contributed by atoms with van der Waals surface area (Å²) >= 11 is 0. The molecule has 132 valence electrons. The zero-order chi connectivity index (χ0) is 18.5. The van der Waals surface area contributed by atoms with Crippen LogP contribution in [0.15, 0.2) is 54.6 Å². The predicted octanol–water partition coefficient (Wildman–Crippen LogP) is 4.48. The normalized spacial score (nSPS) is 10.4. The zero-order valence-electron chi connectivity index (χ0n) is 14.6. The van der Waals surface area contributed by atoms with E-state index in [1.807, 2.05) is 24.3 Å². The highest BCUT2D eigenvalue weighted by Crippen LogP contribution is 2.16. The molecule has 0 atom stereocenters. The van der Waals surface area contributed by atoms with Crippen molar-refractivity contribution in [2.24, 2.45) is 0 Å². The largest absolute Gasteiger partial charge is 0.324 e.